The minimum Gasteiger partial charge on any atom is -0.258 e. The number of hydrogen-bond donors (Lipinski definition) is 0. The molecular weight excluding hydrogens is 697 g/mol. The normalized spacial score (nSPS) is 33.1. The predicted molar refractivity (Wildman–Crippen MR) is 236 cm³/mol. The number of hydrogen-bond acceptors (Lipinski definition) is 3. The third-order valence-electron chi connectivity index (χ3n) is 15.2. The van der Waals surface area contributed by atoms with Crippen LogP contribution in [0.5, 0.6) is 0 Å². The first-order valence-electron chi connectivity index (χ1n) is 21.5. The summed E-state index contributed by atoms with van der Waals surface area (Å²) in [6, 6.07) is 21.3. The number of benzene rings is 3. The van der Waals surface area contributed by atoms with E-state index in [2.05, 4.69) is 141 Å². The highest BCUT2D eigenvalue weighted by Crippen LogP contribution is 2.65. The molecule has 2 heterocycles. The fourth-order valence-corrected chi connectivity index (χ4v) is 13.3. The number of nitrogens with zero attached hydrogens (tertiary/aromatic N) is 2. The van der Waals surface area contributed by atoms with Crippen LogP contribution in [0.1, 0.15) is 104 Å². The van der Waals surface area contributed by atoms with Crippen LogP contribution in [-0.2, 0) is 5.41 Å². The van der Waals surface area contributed by atoms with Crippen molar-refractivity contribution in [2.45, 2.75) is 88.0 Å². The van der Waals surface area contributed by atoms with Gasteiger partial charge in [0, 0.05) is 49.2 Å². The van der Waals surface area contributed by atoms with Gasteiger partial charge >= 0.3 is 0 Å². The molecule has 12 rings (SSSR count). The molecule has 9 unspecified atom stereocenters. The average Bonchev–Trinajstić information content (AvgIpc) is 3.98. The zero-order chi connectivity index (χ0) is 37.1. The first kappa shape index (κ1) is 33.5. The number of rotatable bonds is 4. The maximum absolute atomic E-state index is 5.62. The Morgan fingerprint density at radius 2 is 1.64 bits per heavy atom. The van der Waals surface area contributed by atoms with Crippen molar-refractivity contribution in [1.82, 2.24) is 0 Å². The Hall–Kier alpha value is -4.60. The van der Waals surface area contributed by atoms with Crippen LogP contribution >= 0.6 is 11.3 Å². The van der Waals surface area contributed by atoms with E-state index in [0.717, 1.165) is 55.3 Å². The van der Waals surface area contributed by atoms with Crippen molar-refractivity contribution in [2.24, 2.45) is 39.6 Å². The van der Waals surface area contributed by atoms with Crippen LogP contribution in [0.4, 0.5) is 0 Å². The van der Waals surface area contributed by atoms with Gasteiger partial charge in [0.15, 0.2) is 5.84 Å². The fourth-order valence-electron chi connectivity index (χ4n) is 12.2. The van der Waals surface area contributed by atoms with Crippen molar-refractivity contribution >= 4 is 43.1 Å². The molecule has 9 atom stereocenters. The first-order chi connectivity index (χ1) is 27.5. The lowest BCUT2D eigenvalue weighted by Crippen LogP contribution is -2.28. The largest absolute Gasteiger partial charge is 0.258 e. The molecule has 0 N–H and O–H groups in total. The molecular formula is C53H50N2S. The van der Waals surface area contributed by atoms with Crippen LogP contribution in [0.25, 0.3) is 20.2 Å². The highest BCUT2D eigenvalue weighted by Gasteiger charge is 2.54. The SMILES string of the molecule is CC1(C)c2cc3c(cc2C2CC(C4=CCCC(C5CCC(C6C=CC=CC6)=NC(c6ccc7sc8ccccc8c7c6)=N5)=C4)C=CC21)C1CC1C1C=CC=CC31. The van der Waals surface area contributed by atoms with Crippen molar-refractivity contribution in [2.75, 3.05) is 0 Å². The van der Waals surface area contributed by atoms with E-state index in [1.54, 1.807) is 22.3 Å². The van der Waals surface area contributed by atoms with Gasteiger partial charge in [0.1, 0.15) is 0 Å². The second-order valence-corrected chi connectivity index (χ2v) is 19.6. The molecule has 3 heteroatoms. The van der Waals surface area contributed by atoms with Crippen LogP contribution in [0.2, 0.25) is 0 Å². The summed E-state index contributed by atoms with van der Waals surface area (Å²) in [7, 11) is 0. The van der Waals surface area contributed by atoms with E-state index >= 15 is 0 Å². The molecule has 3 aromatic carbocycles. The Kier molecular flexibility index (Phi) is 7.61. The van der Waals surface area contributed by atoms with Gasteiger partial charge < -0.3 is 0 Å². The van der Waals surface area contributed by atoms with Gasteiger partial charge in [-0.05, 0) is 138 Å². The van der Waals surface area contributed by atoms with Crippen LogP contribution in [0, 0.1) is 29.6 Å². The van der Waals surface area contributed by atoms with E-state index in [4.69, 9.17) is 9.98 Å². The second-order valence-electron chi connectivity index (χ2n) is 18.6. The summed E-state index contributed by atoms with van der Waals surface area (Å²) in [6.45, 7) is 5.05. The molecule has 2 nitrogen and oxygen atoms in total. The maximum Gasteiger partial charge on any atom is 0.155 e. The molecule has 7 aliphatic carbocycles. The third kappa shape index (κ3) is 5.25. The summed E-state index contributed by atoms with van der Waals surface area (Å²) >= 11 is 1.88. The molecule has 4 aromatic rings. The molecule has 0 spiro atoms. The Morgan fingerprint density at radius 3 is 2.57 bits per heavy atom. The lowest BCUT2D eigenvalue weighted by atomic mass is 9.69. The van der Waals surface area contributed by atoms with Crippen LogP contribution in [0.3, 0.4) is 0 Å². The lowest BCUT2D eigenvalue weighted by molar-refractivity contribution is 0.330. The van der Waals surface area contributed by atoms with Gasteiger partial charge in [-0.15, -0.1) is 11.3 Å². The number of amidine groups is 1. The van der Waals surface area contributed by atoms with E-state index in [-0.39, 0.29) is 11.5 Å². The summed E-state index contributed by atoms with van der Waals surface area (Å²) in [4.78, 5) is 11.1. The summed E-state index contributed by atoms with van der Waals surface area (Å²) in [6.07, 6.45) is 36.8. The monoisotopic (exact) mass is 746 g/mol. The van der Waals surface area contributed by atoms with Gasteiger partial charge in [-0.3, -0.25) is 4.99 Å². The molecule has 56 heavy (non-hydrogen) atoms. The van der Waals surface area contributed by atoms with Gasteiger partial charge in [-0.25, -0.2) is 4.99 Å². The Bertz CT molecular complexity index is 2610. The first-order valence-corrected chi connectivity index (χ1v) is 22.3. The molecule has 278 valence electrons. The smallest absolute Gasteiger partial charge is 0.155 e. The Morgan fingerprint density at radius 1 is 0.750 bits per heavy atom. The predicted octanol–water partition coefficient (Wildman–Crippen LogP) is 13.4. The molecule has 0 bridgehead atoms. The Labute approximate surface area is 335 Å². The summed E-state index contributed by atoms with van der Waals surface area (Å²) in [5.74, 6) is 5.71. The highest BCUT2D eigenvalue weighted by molar-refractivity contribution is 7.25. The minimum absolute atomic E-state index is 0.143. The van der Waals surface area contributed by atoms with Crippen LogP contribution in [-0.4, -0.2) is 17.6 Å². The topological polar surface area (TPSA) is 24.7 Å². The van der Waals surface area contributed by atoms with Crippen molar-refractivity contribution < 1.29 is 0 Å². The van der Waals surface area contributed by atoms with E-state index in [1.165, 1.54) is 49.9 Å². The summed E-state index contributed by atoms with van der Waals surface area (Å²) < 4.78 is 2.67. The molecule has 8 aliphatic rings. The van der Waals surface area contributed by atoms with E-state index in [0.29, 0.717) is 35.5 Å². The molecule has 0 saturated heterocycles. The van der Waals surface area contributed by atoms with Crippen molar-refractivity contribution in [3.05, 3.63) is 166 Å². The van der Waals surface area contributed by atoms with Gasteiger partial charge in [0.25, 0.3) is 0 Å². The van der Waals surface area contributed by atoms with E-state index in [1.807, 2.05) is 11.3 Å². The lowest BCUT2D eigenvalue weighted by Gasteiger charge is -2.35. The Balaban J connectivity index is 0.869. The van der Waals surface area contributed by atoms with Gasteiger partial charge in [0.05, 0.1) is 6.04 Å². The van der Waals surface area contributed by atoms with Crippen LogP contribution < -0.4 is 0 Å². The molecule has 0 amide bonds. The maximum atomic E-state index is 5.62. The average molecular weight is 747 g/mol. The zero-order valence-electron chi connectivity index (χ0n) is 32.6. The fraction of sp³-hybridized carbons (Fsp3) is 0.358. The zero-order valence-corrected chi connectivity index (χ0v) is 33.4. The van der Waals surface area contributed by atoms with Gasteiger partial charge in [-0.1, -0.05) is 117 Å². The van der Waals surface area contributed by atoms with Crippen molar-refractivity contribution in [3.63, 3.8) is 0 Å². The third-order valence-corrected chi connectivity index (χ3v) is 16.4. The standard InChI is InChI=1S/C53H50N2S/c1-53(2)46-21-19-33(26-43(46)44-29-41-40-28-39(40)36-15-6-7-16-37(36)42(41)30-47(44)53)32-13-10-14-34(25-32)49-23-22-48(31-11-4-3-5-12-31)54-52(55-49)35-20-24-51-45(27-35)38-17-8-9-18-50(38)56-51/h3-9,11,13,15-21,24-25,27,29-31,33,36-37,39-40,43,46,49H,10,12,14,22-23,26,28H2,1-2H3. The molecule has 1 aliphatic heterocycles. The molecule has 1 saturated carbocycles. The number of aliphatic imine (C=N–C) groups is 2. The number of thiophene rings is 1. The molecule has 0 radical (unpaired) electrons. The molecule has 1 aromatic heterocycles. The van der Waals surface area contributed by atoms with Crippen molar-refractivity contribution in [3.8, 4) is 0 Å². The number of fused-ring (bicyclic) bond motifs is 12. The van der Waals surface area contributed by atoms with E-state index < -0.39 is 0 Å². The molecule has 1 fully saturated rings. The van der Waals surface area contributed by atoms with E-state index in [9.17, 15) is 0 Å². The minimum atomic E-state index is 0.143. The highest BCUT2D eigenvalue weighted by atomic mass is 32.1. The summed E-state index contributed by atoms with van der Waals surface area (Å²) in [5, 5.41) is 2.64. The summed E-state index contributed by atoms with van der Waals surface area (Å²) in [5.41, 5.74) is 12.2. The van der Waals surface area contributed by atoms with Gasteiger partial charge in [0.2, 0.25) is 0 Å². The number of allylic oxidation sites excluding steroid dienone is 13. The quantitative estimate of drug-likeness (QED) is 0.186. The van der Waals surface area contributed by atoms with Crippen LogP contribution in [0.15, 0.2) is 149 Å². The second kappa shape index (κ2) is 12.7. The van der Waals surface area contributed by atoms with Gasteiger partial charge in [-0.2, -0.15) is 0 Å². The van der Waals surface area contributed by atoms with Crippen molar-refractivity contribution in [1.29, 1.82) is 0 Å².